The van der Waals surface area contributed by atoms with Crippen LogP contribution in [0.2, 0.25) is 5.15 Å². The van der Waals surface area contributed by atoms with Gasteiger partial charge in [0.1, 0.15) is 11.8 Å². The molecule has 3 nitrogen and oxygen atoms in total. The molecule has 78 valence electrons. The largest absolute Gasteiger partial charge is 0.377 e. The monoisotopic (exact) mass is 240 g/mol. The first kappa shape index (κ1) is 10.5. The number of ether oxygens (including phenoxy) is 1. The van der Waals surface area contributed by atoms with Crippen molar-refractivity contribution in [2.75, 3.05) is 7.11 Å². The molecule has 2 aromatic heterocycles. The van der Waals surface area contributed by atoms with Gasteiger partial charge in [-0.15, -0.1) is 11.3 Å². The summed E-state index contributed by atoms with van der Waals surface area (Å²) in [5, 5.41) is 2.45. The molecule has 2 rings (SSSR count). The Morgan fingerprint density at radius 2 is 2.33 bits per heavy atom. The van der Waals surface area contributed by atoms with Crippen molar-refractivity contribution in [3.63, 3.8) is 0 Å². The van der Waals surface area contributed by atoms with E-state index in [2.05, 4.69) is 9.97 Å². The molecule has 0 fully saturated rings. The van der Waals surface area contributed by atoms with Crippen LogP contribution in [-0.4, -0.2) is 17.1 Å². The van der Waals surface area contributed by atoms with Crippen molar-refractivity contribution in [2.45, 2.75) is 6.61 Å². The van der Waals surface area contributed by atoms with Gasteiger partial charge in [0.2, 0.25) is 0 Å². The molecule has 15 heavy (non-hydrogen) atoms. The molecule has 0 saturated heterocycles. The van der Waals surface area contributed by atoms with E-state index in [1.165, 1.54) is 0 Å². The average molecular weight is 241 g/mol. The Hall–Kier alpha value is -0.970. The van der Waals surface area contributed by atoms with Gasteiger partial charge < -0.3 is 4.74 Å². The maximum absolute atomic E-state index is 5.90. The summed E-state index contributed by atoms with van der Waals surface area (Å²) in [6.45, 7) is 0.374. The van der Waals surface area contributed by atoms with Crippen molar-refractivity contribution >= 4 is 22.9 Å². The molecule has 0 radical (unpaired) electrons. The molecule has 0 unspecified atom stereocenters. The predicted octanol–water partition coefficient (Wildman–Crippen LogP) is 3.00. The minimum Gasteiger partial charge on any atom is -0.377 e. The minimum absolute atomic E-state index is 0.374. The summed E-state index contributed by atoms with van der Waals surface area (Å²) in [6, 6.07) is 5.73. The summed E-state index contributed by atoms with van der Waals surface area (Å²) in [7, 11) is 1.61. The van der Waals surface area contributed by atoms with E-state index in [-0.39, 0.29) is 0 Å². The van der Waals surface area contributed by atoms with Gasteiger partial charge in [-0.3, -0.25) is 0 Å². The second-order valence-corrected chi connectivity index (χ2v) is 4.24. The van der Waals surface area contributed by atoms with Crippen LogP contribution in [0.4, 0.5) is 0 Å². The van der Waals surface area contributed by atoms with Gasteiger partial charge in [-0.25, -0.2) is 9.97 Å². The lowest BCUT2D eigenvalue weighted by atomic mass is 10.3. The van der Waals surface area contributed by atoms with E-state index in [1.54, 1.807) is 24.5 Å². The van der Waals surface area contributed by atoms with Crippen molar-refractivity contribution in [2.24, 2.45) is 0 Å². The lowest BCUT2D eigenvalue weighted by Gasteiger charge is -2.02. The van der Waals surface area contributed by atoms with Crippen molar-refractivity contribution in [1.82, 2.24) is 9.97 Å². The van der Waals surface area contributed by atoms with Crippen molar-refractivity contribution in [3.8, 4) is 10.6 Å². The van der Waals surface area contributed by atoms with Gasteiger partial charge in [0, 0.05) is 13.2 Å². The zero-order valence-corrected chi connectivity index (χ0v) is 9.68. The first-order chi connectivity index (χ1) is 7.29. The zero-order valence-electron chi connectivity index (χ0n) is 8.11. The highest BCUT2D eigenvalue weighted by Crippen LogP contribution is 2.24. The van der Waals surface area contributed by atoms with Crippen molar-refractivity contribution < 1.29 is 4.74 Å². The third-order valence-electron chi connectivity index (χ3n) is 1.79. The smallest absolute Gasteiger partial charge is 0.156 e. The number of nitrogens with zero attached hydrogens (tertiary/aromatic N) is 2. The normalized spacial score (nSPS) is 10.5. The van der Waals surface area contributed by atoms with E-state index in [0.29, 0.717) is 17.6 Å². The summed E-state index contributed by atoms with van der Waals surface area (Å²) in [6.07, 6.45) is 0. The number of rotatable bonds is 3. The molecular weight excluding hydrogens is 232 g/mol. The number of hydrogen-bond acceptors (Lipinski definition) is 4. The van der Waals surface area contributed by atoms with Crippen molar-refractivity contribution in [1.29, 1.82) is 0 Å². The Bertz CT molecular complexity index is 445. The molecular formula is C10H9ClN2OS. The highest BCUT2D eigenvalue weighted by Gasteiger charge is 2.05. The fraction of sp³-hybridized carbons (Fsp3) is 0.200. The van der Waals surface area contributed by atoms with Crippen molar-refractivity contribution in [3.05, 3.63) is 34.6 Å². The van der Waals surface area contributed by atoms with Crippen LogP contribution in [-0.2, 0) is 11.3 Å². The second-order valence-electron chi connectivity index (χ2n) is 2.90. The molecule has 0 aromatic carbocycles. The van der Waals surface area contributed by atoms with E-state index in [1.807, 2.05) is 17.5 Å². The van der Waals surface area contributed by atoms with Gasteiger partial charge in [0.05, 0.1) is 10.6 Å². The lowest BCUT2D eigenvalue weighted by Crippen LogP contribution is -1.98. The SMILES string of the molecule is COCc1nc(Cl)cc(-c2cccs2)n1. The fourth-order valence-corrected chi connectivity index (χ4v) is 2.10. The molecule has 0 atom stereocenters. The lowest BCUT2D eigenvalue weighted by molar-refractivity contribution is 0.178. The first-order valence-corrected chi connectivity index (χ1v) is 5.61. The van der Waals surface area contributed by atoms with Gasteiger partial charge >= 0.3 is 0 Å². The first-order valence-electron chi connectivity index (χ1n) is 4.36. The van der Waals surface area contributed by atoms with Crippen LogP contribution in [0.5, 0.6) is 0 Å². The zero-order chi connectivity index (χ0) is 10.7. The molecule has 0 N–H and O–H groups in total. The summed E-state index contributed by atoms with van der Waals surface area (Å²) in [4.78, 5) is 9.50. The Morgan fingerprint density at radius 1 is 1.47 bits per heavy atom. The predicted molar refractivity (Wildman–Crippen MR) is 61.1 cm³/mol. The molecule has 2 heterocycles. The Balaban J connectivity index is 2.40. The number of halogens is 1. The van der Waals surface area contributed by atoms with Gasteiger partial charge in [0.25, 0.3) is 0 Å². The maximum Gasteiger partial charge on any atom is 0.156 e. The summed E-state index contributed by atoms with van der Waals surface area (Å²) in [5.74, 6) is 0.605. The highest BCUT2D eigenvalue weighted by atomic mass is 35.5. The topological polar surface area (TPSA) is 35.0 Å². The summed E-state index contributed by atoms with van der Waals surface area (Å²) in [5.41, 5.74) is 0.844. The molecule has 5 heteroatoms. The molecule has 0 bridgehead atoms. The maximum atomic E-state index is 5.90. The van der Waals surface area contributed by atoms with Crippen LogP contribution in [0, 0.1) is 0 Å². The molecule has 0 aliphatic carbocycles. The quantitative estimate of drug-likeness (QED) is 0.774. The minimum atomic E-state index is 0.374. The van der Waals surface area contributed by atoms with E-state index in [9.17, 15) is 0 Å². The second kappa shape index (κ2) is 4.70. The van der Waals surface area contributed by atoms with E-state index < -0.39 is 0 Å². The molecule has 0 amide bonds. The Morgan fingerprint density at radius 3 is 3.00 bits per heavy atom. The van der Waals surface area contributed by atoms with Gasteiger partial charge in [0.15, 0.2) is 5.82 Å². The molecule has 0 spiro atoms. The molecule has 0 aliphatic heterocycles. The molecule has 0 aliphatic rings. The van der Waals surface area contributed by atoms with Crippen LogP contribution in [0.15, 0.2) is 23.6 Å². The van der Waals surface area contributed by atoms with Crippen LogP contribution in [0.3, 0.4) is 0 Å². The number of thiophene rings is 1. The van der Waals surface area contributed by atoms with Gasteiger partial charge in [-0.05, 0) is 11.4 Å². The van der Waals surface area contributed by atoms with Crippen LogP contribution in [0.1, 0.15) is 5.82 Å². The molecule has 0 saturated carbocycles. The number of aromatic nitrogens is 2. The van der Waals surface area contributed by atoms with Crippen LogP contribution >= 0.6 is 22.9 Å². The summed E-state index contributed by atoms with van der Waals surface area (Å²) < 4.78 is 4.97. The summed E-state index contributed by atoms with van der Waals surface area (Å²) >= 11 is 7.52. The standard InChI is InChI=1S/C10H9ClN2OS/c1-14-6-10-12-7(5-9(11)13-10)8-3-2-4-15-8/h2-5H,6H2,1H3. The Labute approximate surface area is 96.7 Å². The third-order valence-corrected chi connectivity index (χ3v) is 2.87. The van der Waals surface area contributed by atoms with Crippen LogP contribution in [0.25, 0.3) is 10.6 Å². The fourth-order valence-electron chi connectivity index (χ4n) is 1.21. The van der Waals surface area contributed by atoms with Gasteiger partial charge in [-0.2, -0.15) is 0 Å². The highest BCUT2D eigenvalue weighted by molar-refractivity contribution is 7.13. The Kier molecular flexibility index (Phi) is 3.30. The van der Waals surface area contributed by atoms with E-state index in [0.717, 1.165) is 10.6 Å². The van der Waals surface area contributed by atoms with Crippen LogP contribution < -0.4 is 0 Å². The number of methoxy groups -OCH3 is 1. The average Bonchev–Trinajstić information content (AvgIpc) is 2.70. The van der Waals surface area contributed by atoms with E-state index in [4.69, 9.17) is 16.3 Å². The van der Waals surface area contributed by atoms with E-state index >= 15 is 0 Å². The van der Waals surface area contributed by atoms with Gasteiger partial charge in [-0.1, -0.05) is 17.7 Å². The third kappa shape index (κ3) is 2.53. The number of hydrogen-bond donors (Lipinski definition) is 0. The molecule has 2 aromatic rings.